The van der Waals surface area contributed by atoms with E-state index in [0.717, 1.165) is 19.5 Å². The summed E-state index contributed by atoms with van der Waals surface area (Å²) < 4.78 is 22.9. The van der Waals surface area contributed by atoms with Crippen LogP contribution in [0.15, 0.2) is 58.9 Å². The van der Waals surface area contributed by atoms with Crippen molar-refractivity contribution in [2.24, 2.45) is 10.3 Å². The number of hydrogen-bond acceptors (Lipinski definition) is 8. The van der Waals surface area contributed by atoms with E-state index in [-0.39, 0.29) is 11.5 Å². The maximum atomic E-state index is 13.1. The predicted octanol–water partition coefficient (Wildman–Crippen LogP) is 11.4. The van der Waals surface area contributed by atoms with Crippen LogP contribution in [0.1, 0.15) is 142 Å². The Morgan fingerprint density at radius 3 is 1.50 bits per heavy atom. The predicted molar refractivity (Wildman–Crippen MR) is 222 cm³/mol. The van der Waals surface area contributed by atoms with Gasteiger partial charge in [-0.1, -0.05) is 83.3 Å². The average Bonchev–Trinajstić information content (AvgIpc) is 3.06. The van der Waals surface area contributed by atoms with Gasteiger partial charge in [-0.15, -0.1) is 11.5 Å². The minimum absolute atomic E-state index is 0.259. The second-order valence-corrected chi connectivity index (χ2v) is 17.4. The number of carbonyl (C=O) groups is 2. The van der Waals surface area contributed by atoms with Gasteiger partial charge in [0.2, 0.25) is 0 Å². The number of carbonyl (C=O) groups excluding carboxylic acids is 2. The highest BCUT2D eigenvalue weighted by Gasteiger charge is 2.28. The first-order valence-electron chi connectivity index (χ1n) is 18.9. The first-order chi connectivity index (χ1) is 25.9. The third kappa shape index (κ3) is 13.8. The third-order valence-corrected chi connectivity index (χ3v) is 7.79. The van der Waals surface area contributed by atoms with Crippen molar-refractivity contribution in [3.05, 3.63) is 87.5 Å². The molecule has 0 radical (unpaired) electrons. The molecule has 0 N–H and O–H groups in total. The standard InChI is InChI=1S/C47H57N3O6/c1-16-27-50(18-3)49-48-37-25-21-33(22-26-37)19-23-36-29-34(31-39(45(7,8)9)41(36)54-43(52)56-47(13,14)15)20-24-35-28-32(17-2)30-38(44(4,5)6)40(35)53-42(51)55-46(10,11)12/h2,21-22,25-26,28-31H,16,18,27H2,1,3-15H3. The smallest absolute Gasteiger partial charge is 0.428 e. The molecule has 9 heteroatoms. The Hall–Kier alpha value is -5.72. The van der Waals surface area contributed by atoms with E-state index in [1.165, 1.54) is 0 Å². The zero-order valence-corrected chi connectivity index (χ0v) is 35.6. The van der Waals surface area contributed by atoms with Gasteiger partial charge in [-0.25, -0.2) is 9.59 Å². The van der Waals surface area contributed by atoms with E-state index in [1.54, 1.807) is 53.7 Å². The van der Waals surface area contributed by atoms with Gasteiger partial charge >= 0.3 is 12.3 Å². The molecule has 0 saturated heterocycles. The molecule has 0 aliphatic rings. The van der Waals surface area contributed by atoms with Crippen LogP contribution in [0.3, 0.4) is 0 Å². The summed E-state index contributed by atoms with van der Waals surface area (Å²) in [5.41, 5.74) is 2.24. The topological polar surface area (TPSA) is 99.0 Å². The number of ether oxygens (including phenoxy) is 4. The summed E-state index contributed by atoms with van der Waals surface area (Å²) >= 11 is 0. The van der Waals surface area contributed by atoms with Crippen LogP contribution >= 0.6 is 0 Å². The fraction of sp³-hybridized carbons (Fsp3) is 0.447. The van der Waals surface area contributed by atoms with Gasteiger partial charge in [-0.05, 0) is 114 Å². The summed E-state index contributed by atoms with van der Waals surface area (Å²) in [5, 5.41) is 10.6. The van der Waals surface area contributed by atoms with E-state index in [1.807, 2.05) is 89.9 Å². The fourth-order valence-corrected chi connectivity index (χ4v) is 5.17. The van der Waals surface area contributed by atoms with Gasteiger partial charge in [0.1, 0.15) is 11.2 Å². The van der Waals surface area contributed by atoms with E-state index in [2.05, 4.69) is 46.9 Å². The molecule has 9 nitrogen and oxygen atoms in total. The molecule has 0 aliphatic heterocycles. The van der Waals surface area contributed by atoms with Crippen molar-refractivity contribution in [3.8, 4) is 47.5 Å². The van der Waals surface area contributed by atoms with Crippen LogP contribution in [-0.2, 0) is 20.3 Å². The summed E-state index contributed by atoms with van der Waals surface area (Å²) in [6.07, 6.45) is 5.15. The number of benzene rings is 3. The third-order valence-electron chi connectivity index (χ3n) is 7.79. The van der Waals surface area contributed by atoms with Gasteiger partial charge in [0.15, 0.2) is 11.5 Å². The lowest BCUT2D eigenvalue weighted by molar-refractivity contribution is 0.0189. The van der Waals surface area contributed by atoms with E-state index < -0.39 is 34.3 Å². The first-order valence-corrected chi connectivity index (χ1v) is 18.9. The Kier molecular flexibility index (Phi) is 14.6. The zero-order valence-electron chi connectivity index (χ0n) is 35.6. The highest BCUT2D eigenvalue weighted by molar-refractivity contribution is 5.71. The molecule has 296 valence electrons. The van der Waals surface area contributed by atoms with Crippen LogP contribution < -0.4 is 9.47 Å². The summed E-state index contributed by atoms with van der Waals surface area (Å²) in [5.74, 6) is 16.1. The Labute approximate surface area is 334 Å². The first kappa shape index (κ1) is 44.7. The molecule has 3 aromatic carbocycles. The number of nitrogens with zero attached hydrogens (tertiary/aromatic N) is 3. The minimum Gasteiger partial charge on any atom is -0.428 e. The second kappa shape index (κ2) is 18.3. The molecular weight excluding hydrogens is 703 g/mol. The molecule has 3 aromatic rings. The van der Waals surface area contributed by atoms with Gasteiger partial charge < -0.3 is 18.9 Å². The second-order valence-electron chi connectivity index (χ2n) is 17.4. The SMILES string of the molecule is C#Cc1cc(C#Cc2cc(C#Cc3ccc(N=NN(CC)CCC)cc3)c(OC(=O)OC(C)(C)C)c(C(C)(C)C)c2)c(OC(=O)OC(C)(C)C)c(C(C)(C)C)c1. The molecule has 0 unspecified atom stereocenters. The van der Waals surface area contributed by atoms with Crippen molar-refractivity contribution < 1.29 is 28.5 Å². The number of hydrogen-bond donors (Lipinski definition) is 0. The van der Waals surface area contributed by atoms with Gasteiger partial charge in [0.05, 0.1) is 16.8 Å². The van der Waals surface area contributed by atoms with Gasteiger partial charge in [0.25, 0.3) is 0 Å². The zero-order chi connectivity index (χ0) is 42.1. The maximum Gasteiger partial charge on any atom is 0.514 e. The lowest BCUT2D eigenvalue weighted by Crippen LogP contribution is -2.27. The van der Waals surface area contributed by atoms with Crippen molar-refractivity contribution in [2.45, 2.75) is 125 Å². The fourth-order valence-electron chi connectivity index (χ4n) is 5.17. The summed E-state index contributed by atoms with van der Waals surface area (Å²) in [4.78, 5) is 26.1. The van der Waals surface area contributed by atoms with Gasteiger partial charge in [-0.2, -0.15) is 0 Å². The summed E-state index contributed by atoms with van der Waals surface area (Å²) in [6.45, 7) is 28.3. The van der Waals surface area contributed by atoms with Crippen molar-refractivity contribution in [3.63, 3.8) is 0 Å². The molecule has 0 saturated carbocycles. The van der Waals surface area contributed by atoms with E-state index >= 15 is 0 Å². The molecule has 3 rings (SSSR count). The van der Waals surface area contributed by atoms with Crippen LogP contribution in [-0.4, -0.2) is 41.6 Å². The Morgan fingerprint density at radius 1 is 0.643 bits per heavy atom. The lowest BCUT2D eigenvalue weighted by Gasteiger charge is -2.25. The molecule has 0 fully saturated rings. The largest absolute Gasteiger partial charge is 0.514 e. The Balaban J connectivity index is 2.26. The monoisotopic (exact) mass is 759 g/mol. The molecule has 0 spiro atoms. The van der Waals surface area contributed by atoms with Gasteiger partial charge in [0, 0.05) is 40.9 Å². The van der Waals surface area contributed by atoms with Crippen LogP contribution in [0.25, 0.3) is 0 Å². The Bertz CT molecular complexity index is 2090. The quantitative estimate of drug-likeness (QED) is 0.0777. The molecule has 0 bridgehead atoms. The molecule has 0 aliphatic carbocycles. The minimum atomic E-state index is -0.855. The van der Waals surface area contributed by atoms with E-state index in [9.17, 15) is 9.59 Å². The van der Waals surface area contributed by atoms with Crippen molar-refractivity contribution >= 4 is 18.0 Å². The number of rotatable bonds is 7. The normalized spacial score (nSPS) is 11.7. The molecule has 0 atom stereocenters. The average molecular weight is 760 g/mol. The highest BCUT2D eigenvalue weighted by atomic mass is 16.7. The van der Waals surface area contributed by atoms with Crippen LogP contribution in [0.2, 0.25) is 0 Å². The summed E-state index contributed by atoms with van der Waals surface area (Å²) in [7, 11) is 0. The molecule has 0 aromatic heterocycles. The van der Waals surface area contributed by atoms with E-state index in [0.29, 0.717) is 44.6 Å². The molecule has 0 amide bonds. The van der Waals surface area contributed by atoms with Crippen LogP contribution in [0.5, 0.6) is 11.5 Å². The lowest BCUT2D eigenvalue weighted by atomic mass is 9.83. The van der Waals surface area contributed by atoms with E-state index in [4.69, 9.17) is 25.4 Å². The van der Waals surface area contributed by atoms with Crippen molar-refractivity contribution in [1.82, 2.24) is 5.01 Å². The molecule has 56 heavy (non-hydrogen) atoms. The maximum absolute atomic E-state index is 13.1. The molecular formula is C47H57N3O6. The summed E-state index contributed by atoms with van der Waals surface area (Å²) in [6, 6.07) is 14.6. The van der Waals surface area contributed by atoms with Crippen molar-refractivity contribution in [2.75, 3.05) is 13.1 Å². The van der Waals surface area contributed by atoms with Crippen LogP contribution in [0.4, 0.5) is 15.3 Å². The van der Waals surface area contributed by atoms with Crippen molar-refractivity contribution in [1.29, 1.82) is 0 Å². The Morgan fingerprint density at radius 2 is 1.09 bits per heavy atom. The molecule has 0 heterocycles. The van der Waals surface area contributed by atoms with Gasteiger partial charge in [-0.3, -0.25) is 5.01 Å². The highest BCUT2D eigenvalue weighted by Crippen LogP contribution is 2.38. The van der Waals surface area contributed by atoms with Crippen LogP contribution in [0, 0.1) is 36.0 Å². The number of terminal acetylenes is 1.